The molecule has 11 heavy (non-hydrogen) atoms. The molecule has 0 heterocycles. The lowest BCUT2D eigenvalue weighted by Crippen LogP contribution is -1.98. The summed E-state index contributed by atoms with van der Waals surface area (Å²) in [7, 11) is 0. The van der Waals surface area contributed by atoms with Crippen LogP contribution in [0.25, 0.3) is 0 Å². The van der Waals surface area contributed by atoms with Gasteiger partial charge in [-0.15, -0.1) is 0 Å². The molecule has 0 atom stereocenters. The summed E-state index contributed by atoms with van der Waals surface area (Å²) >= 11 is 0. The Morgan fingerprint density at radius 3 is 2.82 bits per heavy atom. The highest BCUT2D eigenvalue weighted by molar-refractivity contribution is 5.92. The predicted molar refractivity (Wildman–Crippen MR) is 43.2 cm³/mol. The molecule has 1 radical (unpaired) electrons. The number of carbonyl (C=O) groups is 1. The Kier molecular flexibility index (Phi) is 2.26. The summed E-state index contributed by atoms with van der Waals surface area (Å²) in [4.78, 5) is 10.6. The summed E-state index contributed by atoms with van der Waals surface area (Å²) in [6, 6.07) is 7.18. The third kappa shape index (κ3) is 1.80. The lowest BCUT2D eigenvalue weighted by molar-refractivity contribution is 0.0992. The van der Waals surface area contributed by atoms with Crippen LogP contribution in [0.3, 0.4) is 0 Å². The zero-order chi connectivity index (χ0) is 8.27. The molecule has 0 bridgehead atoms. The molecule has 0 spiro atoms. The van der Waals surface area contributed by atoms with E-state index in [1.807, 2.05) is 13.0 Å². The minimum absolute atomic E-state index is 0.476. The van der Waals surface area contributed by atoms with E-state index in [4.69, 9.17) is 5.73 Å². The first-order chi connectivity index (χ1) is 5.24. The van der Waals surface area contributed by atoms with Crippen molar-refractivity contribution in [2.24, 2.45) is 0 Å². The zero-order valence-electron chi connectivity index (χ0n) is 6.42. The van der Waals surface area contributed by atoms with E-state index in [9.17, 15) is 4.79 Å². The zero-order valence-corrected chi connectivity index (χ0v) is 6.42. The SMILES string of the molecule is CCc1cccc(C([NH])=O)c1. The molecule has 0 aliphatic heterocycles. The summed E-state index contributed by atoms with van der Waals surface area (Å²) in [5.74, 6) is -0.611. The Hall–Kier alpha value is -1.31. The summed E-state index contributed by atoms with van der Waals surface area (Å²) in [6.07, 6.45) is 0.904. The van der Waals surface area contributed by atoms with Crippen molar-refractivity contribution in [3.63, 3.8) is 0 Å². The second-order valence-electron chi connectivity index (χ2n) is 2.38. The third-order valence-electron chi connectivity index (χ3n) is 1.60. The Morgan fingerprint density at radius 2 is 2.27 bits per heavy atom. The molecule has 0 unspecified atom stereocenters. The fourth-order valence-corrected chi connectivity index (χ4v) is 0.932. The summed E-state index contributed by atoms with van der Waals surface area (Å²) in [6.45, 7) is 2.02. The number of aryl methyl sites for hydroxylation is 1. The summed E-state index contributed by atoms with van der Waals surface area (Å²) in [5.41, 5.74) is 8.43. The van der Waals surface area contributed by atoms with Crippen LogP contribution < -0.4 is 5.73 Å². The first kappa shape index (κ1) is 7.79. The van der Waals surface area contributed by atoms with Gasteiger partial charge in [-0.05, 0) is 24.1 Å². The fraction of sp³-hybridized carbons (Fsp3) is 0.222. The quantitative estimate of drug-likeness (QED) is 0.629. The van der Waals surface area contributed by atoms with Crippen LogP contribution in [0.15, 0.2) is 24.3 Å². The average Bonchev–Trinajstić information content (AvgIpc) is 2.05. The van der Waals surface area contributed by atoms with Gasteiger partial charge in [-0.25, -0.2) is 0 Å². The van der Waals surface area contributed by atoms with E-state index in [-0.39, 0.29) is 0 Å². The van der Waals surface area contributed by atoms with Gasteiger partial charge in [0.05, 0.1) is 0 Å². The molecule has 1 aromatic carbocycles. The monoisotopic (exact) mass is 148 g/mol. The van der Waals surface area contributed by atoms with Crippen LogP contribution in [0.2, 0.25) is 0 Å². The number of nitrogens with one attached hydrogen (secondary N) is 1. The molecule has 0 fully saturated rings. The Labute approximate surface area is 66.0 Å². The lowest BCUT2D eigenvalue weighted by atomic mass is 10.1. The molecule has 1 N–H and O–H groups in total. The predicted octanol–water partition coefficient (Wildman–Crippen LogP) is 1.67. The number of hydrogen-bond acceptors (Lipinski definition) is 1. The second-order valence-corrected chi connectivity index (χ2v) is 2.38. The average molecular weight is 148 g/mol. The van der Waals surface area contributed by atoms with E-state index in [0.717, 1.165) is 12.0 Å². The second kappa shape index (κ2) is 3.19. The third-order valence-corrected chi connectivity index (χ3v) is 1.60. The van der Waals surface area contributed by atoms with Gasteiger partial charge in [0.25, 0.3) is 5.91 Å². The highest BCUT2D eigenvalue weighted by atomic mass is 16.1. The Morgan fingerprint density at radius 1 is 1.55 bits per heavy atom. The number of benzene rings is 1. The van der Waals surface area contributed by atoms with E-state index >= 15 is 0 Å². The minimum Gasteiger partial charge on any atom is -0.267 e. The van der Waals surface area contributed by atoms with E-state index in [1.54, 1.807) is 18.2 Å². The summed E-state index contributed by atoms with van der Waals surface area (Å²) < 4.78 is 0. The van der Waals surface area contributed by atoms with Crippen molar-refractivity contribution in [1.82, 2.24) is 5.73 Å². The van der Waals surface area contributed by atoms with E-state index in [0.29, 0.717) is 5.56 Å². The topological polar surface area (TPSA) is 40.9 Å². The van der Waals surface area contributed by atoms with E-state index in [1.165, 1.54) is 0 Å². The molecular formula is C9H10NO. The van der Waals surface area contributed by atoms with Crippen molar-refractivity contribution in [3.8, 4) is 0 Å². The highest BCUT2D eigenvalue weighted by Crippen LogP contribution is 2.04. The van der Waals surface area contributed by atoms with E-state index < -0.39 is 5.91 Å². The van der Waals surface area contributed by atoms with Crippen LogP contribution in [0, 0.1) is 0 Å². The molecule has 2 heteroatoms. The number of rotatable bonds is 2. The fourth-order valence-electron chi connectivity index (χ4n) is 0.932. The molecule has 0 saturated heterocycles. The van der Waals surface area contributed by atoms with Gasteiger partial charge >= 0.3 is 0 Å². The summed E-state index contributed by atoms with van der Waals surface area (Å²) in [5, 5.41) is 0. The first-order valence-corrected chi connectivity index (χ1v) is 3.59. The van der Waals surface area contributed by atoms with Crippen LogP contribution in [-0.2, 0) is 6.42 Å². The van der Waals surface area contributed by atoms with Crippen LogP contribution in [0.1, 0.15) is 22.8 Å². The normalized spacial score (nSPS) is 9.55. The molecule has 0 aliphatic rings. The van der Waals surface area contributed by atoms with Gasteiger partial charge < -0.3 is 0 Å². The first-order valence-electron chi connectivity index (χ1n) is 3.59. The van der Waals surface area contributed by atoms with E-state index in [2.05, 4.69) is 0 Å². The van der Waals surface area contributed by atoms with Gasteiger partial charge in [-0.2, -0.15) is 0 Å². The molecule has 57 valence electrons. The number of carbonyl (C=O) groups excluding carboxylic acids is 1. The minimum atomic E-state index is -0.611. The van der Waals surface area contributed by atoms with Gasteiger partial charge in [-0.3, -0.25) is 10.5 Å². The highest BCUT2D eigenvalue weighted by Gasteiger charge is 1.99. The van der Waals surface area contributed by atoms with Crippen LogP contribution >= 0.6 is 0 Å². The molecule has 1 rings (SSSR count). The van der Waals surface area contributed by atoms with Crippen molar-refractivity contribution in [3.05, 3.63) is 35.4 Å². The van der Waals surface area contributed by atoms with Crippen LogP contribution in [0.4, 0.5) is 0 Å². The van der Waals surface area contributed by atoms with Gasteiger partial charge in [0.2, 0.25) is 0 Å². The van der Waals surface area contributed by atoms with Crippen molar-refractivity contribution < 1.29 is 4.79 Å². The lowest BCUT2D eigenvalue weighted by Gasteiger charge is -1.97. The molecule has 0 saturated carbocycles. The van der Waals surface area contributed by atoms with Gasteiger partial charge in [0.1, 0.15) is 0 Å². The molecule has 1 aromatic rings. The Bertz CT molecular complexity index is 268. The smallest absolute Gasteiger partial charge is 0.267 e. The maximum Gasteiger partial charge on any atom is 0.269 e. The largest absolute Gasteiger partial charge is 0.269 e. The number of amides is 1. The van der Waals surface area contributed by atoms with Crippen LogP contribution in [-0.4, -0.2) is 5.91 Å². The Balaban J connectivity index is 3.01. The van der Waals surface area contributed by atoms with Crippen molar-refractivity contribution in [2.75, 3.05) is 0 Å². The van der Waals surface area contributed by atoms with Gasteiger partial charge in [-0.1, -0.05) is 19.1 Å². The molecule has 2 nitrogen and oxygen atoms in total. The molecule has 0 aromatic heterocycles. The molecule has 1 amide bonds. The maximum atomic E-state index is 10.6. The van der Waals surface area contributed by atoms with Crippen molar-refractivity contribution in [2.45, 2.75) is 13.3 Å². The van der Waals surface area contributed by atoms with Crippen molar-refractivity contribution in [1.29, 1.82) is 0 Å². The molecule has 0 aliphatic carbocycles. The van der Waals surface area contributed by atoms with Crippen LogP contribution in [0.5, 0.6) is 0 Å². The van der Waals surface area contributed by atoms with Crippen molar-refractivity contribution >= 4 is 5.91 Å². The number of hydrogen-bond donors (Lipinski definition) is 0. The van der Waals surface area contributed by atoms with Gasteiger partial charge in [0, 0.05) is 5.56 Å². The molecular weight excluding hydrogens is 138 g/mol. The maximum absolute atomic E-state index is 10.6. The van der Waals surface area contributed by atoms with Gasteiger partial charge in [0.15, 0.2) is 0 Å². The standard InChI is InChI=1S/C9H10NO/c1-2-7-4-3-5-8(6-7)9(10)11/h3-6,10H,2H2,1H3.